The van der Waals surface area contributed by atoms with Crippen molar-refractivity contribution in [3.8, 4) is 22.5 Å². The second-order valence-electron chi connectivity index (χ2n) is 12.7. The normalized spacial score (nSPS) is 19.1. The lowest BCUT2D eigenvalue weighted by Gasteiger charge is -2.42. The number of hydrogen-bond acceptors (Lipinski definition) is 4. The number of rotatable bonds is 7. The van der Waals surface area contributed by atoms with Gasteiger partial charge >= 0.3 is 5.97 Å². The molecule has 0 unspecified atom stereocenters. The van der Waals surface area contributed by atoms with E-state index in [1.807, 2.05) is 30.3 Å². The third-order valence-corrected chi connectivity index (χ3v) is 10.7. The molecule has 2 aliphatic carbocycles. The zero-order chi connectivity index (χ0) is 31.6. The second-order valence-corrected chi connectivity index (χ2v) is 13.6. The molecule has 6 heteroatoms. The van der Waals surface area contributed by atoms with E-state index in [1.165, 1.54) is 18.2 Å². The number of esters is 1. The van der Waals surface area contributed by atoms with Gasteiger partial charge in [0.1, 0.15) is 0 Å². The van der Waals surface area contributed by atoms with Crippen LogP contribution in [0.15, 0.2) is 97.1 Å². The lowest BCUT2D eigenvalue weighted by atomic mass is 9.60. The van der Waals surface area contributed by atoms with E-state index in [1.54, 1.807) is 0 Å². The van der Waals surface area contributed by atoms with Crippen molar-refractivity contribution in [3.05, 3.63) is 129 Å². The van der Waals surface area contributed by atoms with Gasteiger partial charge in [-0.25, -0.2) is 9.97 Å². The number of para-hydroxylation sites is 2. The van der Waals surface area contributed by atoms with E-state index < -0.39 is 10.8 Å². The molecule has 8 rings (SSSR count). The molecule has 2 heterocycles. The molecule has 0 amide bonds. The Balaban J connectivity index is 1.46. The minimum atomic E-state index is -0.608. The van der Waals surface area contributed by atoms with Crippen LogP contribution in [0.4, 0.5) is 0 Å². The number of fused-ring (bicyclic) bond motifs is 8. The molecule has 0 radical (unpaired) electrons. The van der Waals surface area contributed by atoms with Crippen LogP contribution in [-0.2, 0) is 20.4 Å². The number of nitrogens with zero attached hydrogens (tertiary/aromatic N) is 2. The Morgan fingerprint density at radius 2 is 1.17 bits per heavy atom. The standard InChI is InChI=1S/C40H32Cl2N2O2/c1-3-17-39(30-21-26(41)12-14-28(30)37-32(39)19-24-8-4-6-10-34(24)43-37)23-40(18-16-36(45)46-2)31-22-27(42)13-15-29(31)38-33(40)20-25-9-5-7-11-35(25)44-38/h4-15,19-22H,3,16-18,23H2,1-2H3/t39-,40+/m1/s1. The van der Waals surface area contributed by atoms with Gasteiger partial charge in [0, 0.05) is 49.2 Å². The first-order valence-corrected chi connectivity index (χ1v) is 16.6. The fraction of sp³-hybridized carbons (Fsp3) is 0.225. The minimum Gasteiger partial charge on any atom is -0.469 e. The molecule has 0 saturated carbocycles. The Bertz CT molecular complexity index is 2210. The number of ether oxygens (including phenoxy) is 1. The fourth-order valence-electron chi connectivity index (χ4n) is 8.36. The molecule has 2 atom stereocenters. The van der Waals surface area contributed by atoms with Crippen LogP contribution in [0.5, 0.6) is 0 Å². The SMILES string of the molecule is CCC[C@@]1(C[C@@]2(CCC(=O)OC)c3cc(Cl)ccc3-c3nc4ccccc4cc32)c2cc(Cl)ccc2-c2nc3ccccc3cc21. The monoisotopic (exact) mass is 642 g/mol. The molecule has 0 saturated heterocycles. The van der Waals surface area contributed by atoms with Gasteiger partial charge in [0.25, 0.3) is 0 Å². The third-order valence-electron chi connectivity index (χ3n) is 10.2. The predicted octanol–water partition coefficient (Wildman–Crippen LogP) is 10.5. The summed E-state index contributed by atoms with van der Waals surface area (Å²) in [5.41, 5.74) is 9.57. The summed E-state index contributed by atoms with van der Waals surface area (Å²) in [4.78, 5) is 23.5. The molecule has 0 N–H and O–H groups in total. The Hall–Kier alpha value is -4.25. The Labute approximate surface area is 278 Å². The molecular weight excluding hydrogens is 611 g/mol. The smallest absolute Gasteiger partial charge is 0.305 e. The van der Waals surface area contributed by atoms with E-state index >= 15 is 0 Å². The van der Waals surface area contributed by atoms with Crippen LogP contribution in [-0.4, -0.2) is 23.0 Å². The number of methoxy groups -OCH3 is 1. The summed E-state index contributed by atoms with van der Waals surface area (Å²) in [6, 6.07) is 33.5. The van der Waals surface area contributed by atoms with Crippen LogP contribution in [0, 0.1) is 0 Å². The minimum absolute atomic E-state index is 0.238. The Kier molecular flexibility index (Phi) is 6.93. The molecule has 228 valence electrons. The molecule has 4 nitrogen and oxygen atoms in total. The zero-order valence-electron chi connectivity index (χ0n) is 25.7. The Morgan fingerprint density at radius 3 is 1.67 bits per heavy atom. The van der Waals surface area contributed by atoms with Crippen LogP contribution in [0.1, 0.15) is 61.3 Å². The average molecular weight is 644 g/mol. The summed E-state index contributed by atoms with van der Waals surface area (Å²) in [7, 11) is 1.46. The fourth-order valence-corrected chi connectivity index (χ4v) is 8.70. The first kappa shape index (κ1) is 29.2. The van der Waals surface area contributed by atoms with Gasteiger partial charge < -0.3 is 4.74 Å². The summed E-state index contributed by atoms with van der Waals surface area (Å²) in [6.45, 7) is 2.24. The molecule has 2 aliphatic rings. The van der Waals surface area contributed by atoms with Crippen molar-refractivity contribution in [2.24, 2.45) is 0 Å². The Morgan fingerprint density at radius 1 is 0.674 bits per heavy atom. The highest BCUT2D eigenvalue weighted by molar-refractivity contribution is 6.31. The maximum atomic E-state index is 13.0. The van der Waals surface area contributed by atoms with Crippen molar-refractivity contribution in [1.82, 2.24) is 9.97 Å². The summed E-state index contributed by atoms with van der Waals surface area (Å²) in [5.74, 6) is -0.238. The summed E-state index contributed by atoms with van der Waals surface area (Å²) >= 11 is 13.6. The van der Waals surface area contributed by atoms with Crippen molar-refractivity contribution in [2.45, 2.75) is 49.9 Å². The quantitative estimate of drug-likeness (QED) is 0.163. The first-order valence-electron chi connectivity index (χ1n) is 15.8. The van der Waals surface area contributed by atoms with Crippen molar-refractivity contribution in [3.63, 3.8) is 0 Å². The van der Waals surface area contributed by atoms with E-state index in [4.69, 9.17) is 37.9 Å². The average Bonchev–Trinajstić information content (AvgIpc) is 3.46. The van der Waals surface area contributed by atoms with E-state index in [0.717, 1.165) is 68.3 Å². The maximum Gasteiger partial charge on any atom is 0.305 e. The lowest BCUT2D eigenvalue weighted by molar-refractivity contribution is -0.141. The number of aromatic nitrogens is 2. The summed E-state index contributed by atoms with van der Waals surface area (Å²) in [6.07, 6.45) is 3.29. The van der Waals surface area contributed by atoms with Gasteiger partial charge in [-0.15, -0.1) is 0 Å². The summed E-state index contributed by atoms with van der Waals surface area (Å²) in [5, 5.41) is 3.52. The highest BCUT2D eigenvalue weighted by Gasteiger charge is 2.53. The molecule has 2 aromatic heterocycles. The van der Waals surface area contributed by atoms with Gasteiger partial charge in [-0.2, -0.15) is 0 Å². The van der Waals surface area contributed by atoms with Gasteiger partial charge in [0.05, 0.1) is 29.5 Å². The number of benzene rings is 4. The van der Waals surface area contributed by atoms with Gasteiger partial charge in [-0.05, 0) is 90.0 Å². The number of carbonyl (C=O) groups is 1. The van der Waals surface area contributed by atoms with E-state index in [0.29, 0.717) is 22.9 Å². The number of pyridine rings is 2. The predicted molar refractivity (Wildman–Crippen MR) is 187 cm³/mol. The molecular formula is C40H32Cl2N2O2. The van der Waals surface area contributed by atoms with Crippen molar-refractivity contribution in [2.75, 3.05) is 7.11 Å². The van der Waals surface area contributed by atoms with Gasteiger partial charge in [-0.3, -0.25) is 4.79 Å². The van der Waals surface area contributed by atoms with Crippen LogP contribution >= 0.6 is 23.2 Å². The molecule has 4 aromatic carbocycles. The van der Waals surface area contributed by atoms with E-state index in [-0.39, 0.29) is 12.4 Å². The molecule has 0 fully saturated rings. The molecule has 6 aromatic rings. The lowest BCUT2D eigenvalue weighted by Crippen LogP contribution is -2.38. The van der Waals surface area contributed by atoms with E-state index in [9.17, 15) is 4.79 Å². The maximum absolute atomic E-state index is 13.0. The number of halogens is 2. The van der Waals surface area contributed by atoms with Crippen molar-refractivity contribution >= 4 is 51.0 Å². The van der Waals surface area contributed by atoms with Crippen LogP contribution < -0.4 is 0 Å². The topological polar surface area (TPSA) is 52.1 Å². The number of carbonyl (C=O) groups excluding carboxylic acids is 1. The third kappa shape index (κ3) is 4.30. The van der Waals surface area contributed by atoms with Crippen LogP contribution in [0.2, 0.25) is 10.0 Å². The van der Waals surface area contributed by atoms with Gasteiger partial charge in [0.15, 0.2) is 0 Å². The van der Waals surface area contributed by atoms with Crippen molar-refractivity contribution < 1.29 is 9.53 Å². The highest BCUT2D eigenvalue weighted by atomic mass is 35.5. The van der Waals surface area contributed by atoms with Crippen molar-refractivity contribution in [1.29, 1.82) is 0 Å². The summed E-state index contributed by atoms with van der Waals surface area (Å²) < 4.78 is 5.24. The molecule has 0 spiro atoms. The van der Waals surface area contributed by atoms with Crippen LogP contribution in [0.25, 0.3) is 44.3 Å². The molecule has 0 aliphatic heterocycles. The number of hydrogen-bond donors (Lipinski definition) is 0. The zero-order valence-corrected chi connectivity index (χ0v) is 27.3. The molecule has 0 bridgehead atoms. The molecule has 46 heavy (non-hydrogen) atoms. The van der Waals surface area contributed by atoms with E-state index in [2.05, 4.69) is 73.7 Å². The second kappa shape index (κ2) is 10.9. The largest absolute Gasteiger partial charge is 0.469 e. The highest BCUT2D eigenvalue weighted by Crippen LogP contribution is 2.62. The van der Waals surface area contributed by atoms with Gasteiger partial charge in [0.2, 0.25) is 0 Å². The first-order chi connectivity index (χ1) is 22.4. The van der Waals surface area contributed by atoms with Gasteiger partial charge in [-0.1, -0.05) is 85.1 Å². The van der Waals surface area contributed by atoms with Crippen LogP contribution in [0.3, 0.4) is 0 Å².